The van der Waals surface area contributed by atoms with Gasteiger partial charge in [0.2, 0.25) is 21.8 Å². The number of rotatable bonds is 6. The Bertz CT molecular complexity index is 1180. The number of aromatic nitrogens is 2. The number of carbonyl (C=O) groups excluding carboxylic acids is 2. The predicted molar refractivity (Wildman–Crippen MR) is 118 cm³/mol. The van der Waals surface area contributed by atoms with Crippen molar-refractivity contribution in [1.29, 1.82) is 0 Å². The van der Waals surface area contributed by atoms with Crippen LogP contribution >= 0.6 is 11.8 Å². The molecule has 2 aromatic rings. The van der Waals surface area contributed by atoms with Crippen LogP contribution in [0.15, 0.2) is 41.6 Å². The summed E-state index contributed by atoms with van der Waals surface area (Å²) in [6.07, 6.45) is 5.12. The maximum atomic E-state index is 11.7. The number of hydrogen-bond donors (Lipinski definition) is 1. The lowest BCUT2D eigenvalue weighted by molar-refractivity contribution is -0.115. The fourth-order valence-corrected chi connectivity index (χ4v) is 4.81. The number of amides is 2. The number of nitrogens with one attached hydrogen (secondary N) is 1. The minimum absolute atomic E-state index is 0.150. The van der Waals surface area contributed by atoms with E-state index in [4.69, 9.17) is 9.47 Å². The third-order valence-corrected chi connectivity index (χ3v) is 6.91. The van der Waals surface area contributed by atoms with Crippen molar-refractivity contribution in [2.24, 2.45) is 0 Å². The van der Waals surface area contributed by atoms with E-state index >= 15 is 0 Å². The van der Waals surface area contributed by atoms with Crippen LogP contribution in [0, 0.1) is 0 Å². The predicted octanol–water partition coefficient (Wildman–Crippen LogP) is 2.40. The van der Waals surface area contributed by atoms with Crippen molar-refractivity contribution in [1.82, 2.24) is 19.6 Å². The molecule has 2 aliphatic heterocycles. The second-order valence-electron chi connectivity index (χ2n) is 7.20. The van der Waals surface area contributed by atoms with Gasteiger partial charge in [0, 0.05) is 13.1 Å². The lowest BCUT2D eigenvalue weighted by Crippen LogP contribution is -2.41. The van der Waals surface area contributed by atoms with E-state index in [1.807, 2.05) is 0 Å². The van der Waals surface area contributed by atoms with Gasteiger partial charge in [-0.05, 0) is 48.4 Å². The van der Waals surface area contributed by atoms with Crippen molar-refractivity contribution in [3.63, 3.8) is 0 Å². The van der Waals surface area contributed by atoms with Gasteiger partial charge in [-0.25, -0.2) is 22.7 Å². The number of thioether (sulfide) groups is 1. The van der Waals surface area contributed by atoms with Crippen LogP contribution in [0.1, 0.15) is 18.4 Å². The average molecular weight is 477 g/mol. The van der Waals surface area contributed by atoms with Crippen LogP contribution in [0.4, 0.5) is 4.79 Å². The Balaban J connectivity index is 1.40. The molecule has 32 heavy (non-hydrogen) atoms. The normalized spacial score (nSPS) is 19.2. The molecule has 4 rings (SSSR count). The summed E-state index contributed by atoms with van der Waals surface area (Å²) in [7, 11) is -3.19. The maximum absolute atomic E-state index is 11.7. The summed E-state index contributed by atoms with van der Waals surface area (Å²) in [6, 6.07) is 8.56. The summed E-state index contributed by atoms with van der Waals surface area (Å²) in [5, 5.41) is 1.81. The molecule has 0 atom stereocenters. The van der Waals surface area contributed by atoms with E-state index in [0.717, 1.165) is 11.8 Å². The molecule has 2 saturated heterocycles. The Morgan fingerprint density at radius 2 is 1.91 bits per heavy atom. The summed E-state index contributed by atoms with van der Waals surface area (Å²) in [5.41, 5.74) is 0.693. The van der Waals surface area contributed by atoms with Gasteiger partial charge in [-0.2, -0.15) is 0 Å². The van der Waals surface area contributed by atoms with Crippen LogP contribution in [0.3, 0.4) is 0 Å². The Labute approximate surface area is 189 Å². The third kappa shape index (κ3) is 5.64. The molecule has 168 valence electrons. The van der Waals surface area contributed by atoms with Crippen LogP contribution in [-0.4, -0.2) is 59.3 Å². The first-order valence-corrected chi connectivity index (χ1v) is 12.4. The van der Waals surface area contributed by atoms with Crippen LogP contribution in [0.25, 0.3) is 6.08 Å². The SMILES string of the molecule is CS(=O)(=O)N1CCC(Oc2cc(Oc3cccc(C=C4SC(=O)NC4=O)c3)ncn2)CC1. The molecular formula is C20H20N4O6S2. The molecule has 12 heteroatoms. The minimum atomic E-state index is -3.19. The molecule has 1 aromatic heterocycles. The standard InChI is InChI=1S/C20H20N4O6S2/c1-32(27,28)24-7-5-14(6-8-24)29-17-11-18(22-12-21-17)30-15-4-2-3-13(9-15)10-16-19(25)23-20(26)31-16/h2-4,9-12,14H,5-8H2,1H3,(H,23,25,26). The summed E-state index contributed by atoms with van der Waals surface area (Å²) in [6.45, 7) is 0.810. The largest absolute Gasteiger partial charge is 0.474 e. The molecule has 10 nitrogen and oxygen atoms in total. The molecule has 2 fully saturated rings. The number of sulfonamides is 1. The highest BCUT2D eigenvalue weighted by Gasteiger charge is 2.26. The highest BCUT2D eigenvalue weighted by molar-refractivity contribution is 8.18. The molecule has 0 aliphatic carbocycles. The molecule has 2 amide bonds. The molecule has 0 bridgehead atoms. The van der Waals surface area contributed by atoms with Gasteiger partial charge in [-0.1, -0.05) is 12.1 Å². The summed E-state index contributed by atoms with van der Waals surface area (Å²) in [4.78, 5) is 31.5. The molecular weight excluding hydrogens is 456 g/mol. The summed E-state index contributed by atoms with van der Waals surface area (Å²) < 4.78 is 36.4. The number of carbonyl (C=O) groups is 2. The van der Waals surface area contributed by atoms with Gasteiger partial charge in [-0.15, -0.1) is 0 Å². The van der Waals surface area contributed by atoms with Crippen molar-refractivity contribution in [3.05, 3.63) is 47.1 Å². The van der Waals surface area contributed by atoms with Gasteiger partial charge in [0.15, 0.2) is 0 Å². The van der Waals surface area contributed by atoms with E-state index in [2.05, 4.69) is 15.3 Å². The van der Waals surface area contributed by atoms with Crippen molar-refractivity contribution in [2.45, 2.75) is 18.9 Å². The third-order valence-electron chi connectivity index (χ3n) is 4.79. The fourth-order valence-electron chi connectivity index (χ4n) is 3.26. The first kappa shape index (κ1) is 22.2. The second kappa shape index (κ2) is 9.27. The number of ether oxygens (including phenoxy) is 2. The second-order valence-corrected chi connectivity index (χ2v) is 10.2. The molecule has 0 radical (unpaired) electrons. The van der Waals surface area contributed by atoms with Crippen molar-refractivity contribution >= 4 is 39.0 Å². The zero-order valence-corrected chi connectivity index (χ0v) is 18.7. The van der Waals surface area contributed by atoms with Gasteiger partial charge < -0.3 is 9.47 Å². The van der Waals surface area contributed by atoms with Gasteiger partial charge >= 0.3 is 0 Å². The van der Waals surface area contributed by atoms with Crippen LogP contribution in [0.5, 0.6) is 17.5 Å². The number of imide groups is 1. The minimum Gasteiger partial charge on any atom is -0.474 e. The monoisotopic (exact) mass is 476 g/mol. The van der Waals surface area contributed by atoms with Gasteiger partial charge in [0.05, 0.1) is 17.2 Å². The number of hydrogen-bond acceptors (Lipinski definition) is 9. The number of piperidine rings is 1. The molecule has 0 saturated carbocycles. The van der Waals surface area contributed by atoms with E-state index in [1.54, 1.807) is 36.4 Å². The zero-order chi connectivity index (χ0) is 22.7. The lowest BCUT2D eigenvalue weighted by atomic mass is 10.1. The summed E-state index contributed by atoms with van der Waals surface area (Å²) in [5.74, 6) is 0.673. The Morgan fingerprint density at radius 1 is 1.16 bits per heavy atom. The van der Waals surface area contributed by atoms with Gasteiger partial charge in [0.1, 0.15) is 18.2 Å². The topological polar surface area (TPSA) is 128 Å². The fraction of sp³-hybridized carbons (Fsp3) is 0.300. The van der Waals surface area contributed by atoms with Crippen molar-refractivity contribution in [3.8, 4) is 17.5 Å². The Kier molecular flexibility index (Phi) is 6.44. The zero-order valence-electron chi connectivity index (χ0n) is 17.1. The maximum Gasteiger partial charge on any atom is 0.290 e. The van der Waals surface area contributed by atoms with E-state index in [9.17, 15) is 18.0 Å². The number of nitrogens with zero attached hydrogens (tertiary/aromatic N) is 3. The summed E-state index contributed by atoms with van der Waals surface area (Å²) >= 11 is 0.845. The molecule has 3 heterocycles. The quantitative estimate of drug-likeness (QED) is 0.625. The van der Waals surface area contributed by atoms with Gasteiger partial charge in [0.25, 0.3) is 11.1 Å². The first-order chi connectivity index (χ1) is 15.3. The smallest absolute Gasteiger partial charge is 0.290 e. The highest BCUT2D eigenvalue weighted by atomic mass is 32.2. The Hall–Kier alpha value is -2.96. The van der Waals surface area contributed by atoms with Gasteiger partial charge in [-0.3, -0.25) is 14.9 Å². The van der Waals surface area contributed by atoms with E-state index in [1.165, 1.54) is 16.9 Å². The van der Waals surface area contributed by atoms with E-state index in [0.29, 0.717) is 48.0 Å². The Morgan fingerprint density at radius 3 is 2.59 bits per heavy atom. The molecule has 1 aromatic carbocycles. The molecule has 0 unspecified atom stereocenters. The number of benzene rings is 1. The average Bonchev–Trinajstić information content (AvgIpc) is 3.05. The van der Waals surface area contributed by atoms with Crippen LogP contribution in [0.2, 0.25) is 0 Å². The molecule has 2 aliphatic rings. The lowest BCUT2D eigenvalue weighted by Gasteiger charge is -2.30. The van der Waals surface area contributed by atoms with Crippen molar-refractivity contribution in [2.75, 3.05) is 19.3 Å². The van der Waals surface area contributed by atoms with Crippen molar-refractivity contribution < 1.29 is 27.5 Å². The van der Waals surface area contributed by atoms with E-state index in [-0.39, 0.29) is 12.0 Å². The highest BCUT2D eigenvalue weighted by Crippen LogP contribution is 2.28. The van der Waals surface area contributed by atoms with E-state index < -0.39 is 21.2 Å². The first-order valence-electron chi connectivity index (χ1n) is 9.73. The van der Waals surface area contributed by atoms with Crippen LogP contribution < -0.4 is 14.8 Å². The molecule has 1 N–H and O–H groups in total. The molecule has 0 spiro atoms. The van der Waals surface area contributed by atoms with Crippen LogP contribution in [-0.2, 0) is 14.8 Å².